The minimum absolute atomic E-state index is 0.0430. The Bertz CT molecular complexity index is 579. The van der Waals surface area contributed by atoms with Gasteiger partial charge in [-0.2, -0.15) is 0 Å². The van der Waals surface area contributed by atoms with Crippen molar-refractivity contribution < 1.29 is 14.7 Å². The van der Waals surface area contributed by atoms with Crippen molar-refractivity contribution in [2.24, 2.45) is 0 Å². The second-order valence-corrected chi connectivity index (χ2v) is 6.40. The molecule has 114 valence electrons. The van der Waals surface area contributed by atoms with Crippen LogP contribution in [-0.2, 0) is 4.79 Å². The summed E-state index contributed by atoms with van der Waals surface area (Å²) in [5.74, 6) is -1.29. The Kier molecular flexibility index (Phi) is 7.27. The first-order chi connectivity index (χ1) is 9.85. The van der Waals surface area contributed by atoms with Crippen molar-refractivity contribution in [1.82, 2.24) is 5.32 Å². The molecule has 3 N–H and O–H groups in total. The van der Waals surface area contributed by atoms with E-state index in [1.165, 1.54) is 6.07 Å². The van der Waals surface area contributed by atoms with Crippen LogP contribution in [0.15, 0.2) is 21.1 Å². The van der Waals surface area contributed by atoms with Gasteiger partial charge in [-0.3, -0.25) is 4.79 Å². The Balaban J connectivity index is 2.85. The van der Waals surface area contributed by atoms with Crippen molar-refractivity contribution in [3.05, 3.63) is 26.6 Å². The smallest absolute Gasteiger partial charge is 0.337 e. The van der Waals surface area contributed by atoms with Gasteiger partial charge in [-0.1, -0.05) is 29.3 Å². The van der Waals surface area contributed by atoms with E-state index in [9.17, 15) is 14.7 Å². The first-order valence-corrected chi connectivity index (χ1v) is 8.17. The van der Waals surface area contributed by atoms with Crippen LogP contribution in [0.4, 0.5) is 5.69 Å². The van der Waals surface area contributed by atoms with Crippen molar-refractivity contribution in [1.29, 1.82) is 0 Å². The third-order valence-electron chi connectivity index (χ3n) is 2.53. The van der Waals surface area contributed by atoms with Gasteiger partial charge in [0.05, 0.1) is 11.3 Å². The molecular formula is C13H14Br2N2O3S. The predicted octanol–water partition coefficient (Wildman–Crippen LogP) is 3.91. The summed E-state index contributed by atoms with van der Waals surface area (Å²) in [6, 6.07) is 3.15. The number of amides is 1. The third-order valence-corrected chi connectivity index (χ3v) is 3.82. The van der Waals surface area contributed by atoms with E-state index in [4.69, 9.17) is 12.2 Å². The lowest BCUT2D eigenvalue weighted by Crippen LogP contribution is -2.34. The van der Waals surface area contributed by atoms with Crippen LogP contribution in [0.5, 0.6) is 0 Å². The maximum atomic E-state index is 11.6. The molecule has 1 rings (SSSR count). The number of benzene rings is 1. The highest BCUT2D eigenvalue weighted by Gasteiger charge is 2.16. The highest BCUT2D eigenvalue weighted by Crippen LogP contribution is 2.30. The molecule has 1 amide bonds. The third kappa shape index (κ3) is 5.72. The van der Waals surface area contributed by atoms with E-state index < -0.39 is 5.97 Å². The van der Waals surface area contributed by atoms with E-state index in [0.717, 1.165) is 12.8 Å². The molecule has 0 bridgehead atoms. The number of carbonyl (C=O) groups excluding carboxylic acids is 1. The molecule has 0 spiro atoms. The lowest BCUT2D eigenvalue weighted by molar-refractivity contribution is -0.119. The molecule has 0 fully saturated rings. The molecule has 0 unspecified atom stereocenters. The SMILES string of the molecule is CCCCC(=O)NC(=S)Nc1c(Br)cc(Br)cc1C(=O)O. The average molecular weight is 438 g/mol. The molecule has 0 atom stereocenters. The number of nitrogens with one attached hydrogen (secondary N) is 2. The quantitative estimate of drug-likeness (QED) is 0.608. The van der Waals surface area contributed by atoms with E-state index in [1.807, 2.05) is 6.92 Å². The molecule has 1 aromatic carbocycles. The molecule has 0 aliphatic carbocycles. The van der Waals surface area contributed by atoms with Gasteiger partial charge >= 0.3 is 5.97 Å². The fourth-order valence-corrected chi connectivity index (χ4v) is 3.08. The fourth-order valence-electron chi connectivity index (χ4n) is 1.54. The maximum Gasteiger partial charge on any atom is 0.337 e. The second-order valence-electron chi connectivity index (χ2n) is 4.22. The van der Waals surface area contributed by atoms with Gasteiger partial charge in [0.25, 0.3) is 0 Å². The monoisotopic (exact) mass is 436 g/mol. The zero-order valence-corrected chi connectivity index (χ0v) is 15.2. The molecule has 0 aromatic heterocycles. The largest absolute Gasteiger partial charge is 0.478 e. The van der Waals surface area contributed by atoms with Gasteiger partial charge in [0.1, 0.15) is 0 Å². The van der Waals surface area contributed by atoms with Crippen LogP contribution < -0.4 is 10.6 Å². The van der Waals surface area contributed by atoms with Crippen molar-refractivity contribution in [3.63, 3.8) is 0 Å². The first-order valence-electron chi connectivity index (χ1n) is 6.18. The summed E-state index contributed by atoms with van der Waals surface area (Å²) in [5.41, 5.74) is 0.341. The number of rotatable bonds is 5. The number of carbonyl (C=O) groups is 2. The van der Waals surface area contributed by atoms with Gasteiger partial charge in [0.15, 0.2) is 5.11 Å². The number of aromatic carboxylic acids is 1. The minimum atomic E-state index is -1.10. The lowest BCUT2D eigenvalue weighted by Gasteiger charge is -2.14. The molecule has 0 saturated carbocycles. The molecule has 0 saturated heterocycles. The second kappa shape index (κ2) is 8.45. The molecule has 0 aliphatic rings. The van der Waals surface area contributed by atoms with Crippen LogP contribution in [0.3, 0.4) is 0 Å². The van der Waals surface area contributed by atoms with Gasteiger partial charge in [-0.25, -0.2) is 4.79 Å². The Hall–Kier alpha value is -0.990. The molecular weight excluding hydrogens is 424 g/mol. The van der Waals surface area contributed by atoms with Crippen LogP contribution in [0.25, 0.3) is 0 Å². The lowest BCUT2D eigenvalue weighted by atomic mass is 10.2. The van der Waals surface area contributed by atoms with Crippen LogP contribution in [0.1, 0.15) is 36.5 Å². The number of hydrogen-bond donors (Lipinski definition) is 3. The van der Waals surface area contributed by atoms with E-state index in [0.29, 0.717) is 21.1 Å². The van der Waals surface area contributed by atoms with Crippen LogP contribution in [0.2, 0.25) is 0 Å². The van der Waals surface area contributed by atoms with Crippen molar-refractivity contribution in [2.45, 2.75) is 26.2 Å². The number of carboxylic acid groups (broad SMARTS) is 1. The summed E-state index contributed by atoms with van der Waals surface area (Å²) >= 11 is 11.5. The summed E-state index contributed by atoms with van der Waals surface area (Å²) in [6.07, 6.45) is 2.07. The normalized spacial score (nSPS) is 10.0. The number of halogens is 2. The molecule has 0 heterocycles. The van der Waals surface area contributed by atoms with Crippen molar-refractivity contribution >= 4 is 66.8 Å². The fraction of sp³-hybridized carbons (Fsp3) is 0.308. The summed E-state index contributed by atoms with van der Waals surface area (Å²) in [7, 11) is 0. The van der Waals surface area contributed by atoms with E-state index in [-0.39, 0.29) is 16.6 Å². The summed E-state index contributed by atoms with van der Waals surface area (Å²) in [4.78, 5) is 22.8. The van der Waals surface area contributed by atoms with Gasteiger partial charge in [0, 0.05) is 15.4 Å². The number of hydrogen-bond acceptors (Lipinski definition) is 3. The van der Waals surface area contributed by atoms with Crippen molar-refractivity contribution in [2.75, 3.05) is 5.32 Å². The van der Waals surface area contributed by atoms with Crippen molar-refractivity contribution in [3.8, 4) is 0 Å². The summed E-state index contributed by atoms with van der Waals surface area (Å²) < 4.78 is 1.15. The number of thiocarbonyl (C=S) groups is 1. The number of carboxylic acids is 1. The van der Waals surface area contributed by atoms with Gasteiger partial charge in [-0.15, -0.1) is 0 Å². The van der Waals surface area contributed by atoms with Gasteiger partial charge in [-0.05, 0) is 46.7 Å². The summed E-state index contributed by atoms with van der Waals surface area (Å²) in [5, 5.41) is 14.6. The van der Waals surface area contributed by atoms with Crippen LogP contribution in [0, 0.1) is 0 Å². The zero-order valence-electron chi connectivity index (χ0n) is 11.2. The number of anilines is 1. The standard InChI is InChI=1S/C13H14Br2N2O3S/c1-2-3-4-10(18)16-13(21)17-11-8(12(19)20)5-7(14)6-9(11)15/h5-6H,2-4H2,1H3,(H,19,20)(H2,16,17,18,21). The molecule has 21 heavy (non-hydrogen) atoms. The Morgan fingerprint density at radius 1 is 1.33 bits per heavy atom. The Labute approximate surface area is 144 Å². The molecule has 0 radical (unpaired) electrons. The topological polar surface area (TPSA) is 78.4 Å². The molecule has 1 aromatic rings. The predicted molar refractivity (Wildman–Crippen MR) is 92.7 cm³/mol. The molecule has 5 nitrogen and oxygen atoms in total. The van der Waals surface area contributed by atoms with E-state index >= 15 is 0 Å². The Morgan fingerprint density at radius 2 is 2.00 bits per heavy atom. The van der Waals surface area contributed by atoms with E-state index in [2.05, 4.69) is 42.5 Å². The molecule has 8 heteroatoms. The Morgan fingerprint density at radius 3 is 2.57 bits per heavy atom. The van der Waals surface area contributed by atoms with Crippen LogP contribution in [-0.4, -0.2) is 22.1 Å². The highest BCUT2D eigenvalue weighted by molar-refractivity contribution is 9.11. The van der Waals surface area contributed by atoms with Gasteiger partial charge in [0.2, 0.25) is 5.91 Å². The highest BCUT2D eigenvalue weighted by atomic mass is 79.9. The summed E-state index contributed by atoms with van der Waals surface area (Å²) in [6.45, 7) is 1.99. The maximum absolute atomic E-state index is 11.6. The first kappa shape index (κ1) is 18.1. The minimum Gasteiger partial charge on any atom is -0.478 e. The average Bonchev–Trinajstić information content (AvgIpc) is 2.38. The zero-order chi connectivity index (χ0) is 16.0. The number of unbranched alkanes of at least 4 members (excludes halogenated alkanes) is 1. The molecule has 0 aliphatic heterocycles. The van der Waals surface area contributed by atoms with Crippen LogP contribution >= 0.6 is 44.1 Å². The van der Waals surface area contributed by atoms with E-state index in [1.54, 1.807) is 6.07 Å². The van der Waals surface area contributed by atoms with Gasteiger partial charge < -0.3 is 15.7 Å².